The molecule has 6 amide bonds. The fourth-order valence-corrected chi connectivity index (χ4v) is 4.94. The van der Waals surface area contributed by atoms with Crippen LogP contribution in [0.25, 0.3) is 0 Å². The van der Waals surface area contributed by atoms with E-state index in [2.05, 4.69) is 0 Å². The Labute approximate surface area is 218 Å². The van der Waals surface area contributed by atoms with Crippen molar-refractivity contribution in [2.24, 2.45) is 0 Å². The molecule has 0 aromatic heterocycles. The lowest BCUT2D eigenvalue weighted by molar-refractivity contribution is 0.0453. The molecule has 38 heavy (non-hydrogen) atoms. The van der Waals surface area contributed by atoms with E-state index in [-0.39, 0.29) is 0 Å². The van der Waals surface area contributed by atoms with Crippen molar-refractivity contribution in [3.63, 3.8) is 0 Å². The SMILES string of the molecule is O=C(c1ccccc1)N1C(=O)N2[C@H](c3ccccc3)N(C(=O)c3ccccc3)C(=O)N2[C@@H]1c1ccccc1. The Morgan fingerprint density at radius 3 is 1.05 bits per heavy atom. The van der Waals surface area contributed by atoms with Gasteiger partial charge in [0, 0.05) is 11.1 Å². The molecule has 2 aliphatic rings. The van der Waals surface area contributed by atoms with Crippen LogP contribution in [0.15, 0.2) is 121 Å². The van der Waals surface area contributed by atoms with Crippen molar-refractivity contribution in [1.82, 2.24) is 19.8 Å². The van der Waals surface area contributed by atoms with Gasteiger partial charge in [0.15, 0.2) is 12.3 Å². The summed E-state index contributed by atoms with van der Waals surface area (Å²) in [6.45, 7) is 0. The Morgan fingerprint density at radius 2 is 0.737 bits per heavy atom. The van der Waals surface area contributed by atoms with E-state index >= 15 is 0 Å². The van der Waals surface area contributed by atoms with E-state index in [1.54, 1.807) is 109 Å². The number of carbonyl (C=O) groups excluding carboxylic acids is 4. The molecule has 186 valence electrons. The molecule has 0 N–H and O–H groups in total. The lowest BCUT2D eigenvalue weighted by Crippen LogP contribution is -2.44. The van der Waals surface area contributed by atoms with E-state index in [1.807, 2.05) is 12.1 Å². The zero-order valence-electron chi connectivity index (χ0n) is 20.1. The number of amides is 6. The highest BCUT2D eigenvalue weighted by Crippen LogP contribution is 2.47. The number of imide groups is 2. The van der Waals surface area contributed by atoms with Gasteiger partial charge in [0.05, 0.1) is 0 Å². The van der Waals surface area contributed by atoms with E-state index in [1.165, 1.54) is 10.0 Å². The number of nitrogens with zero attached hydrogens (tertiary/aromatic N) is 4. The largest absolute Gasteiger partial charge is 0.350 e. The van der Waals surface area contributed by atoms with Crippen LogP contribution in [0.3, 0.4) is 0 Å². The molecule has 2 heterocycles. The average Bonchev–Trinajstić information content (AvgIpc) is 3.45. The monoisotopic (exact) mass is 502 g/mol. The van der Waals surface area contributed by atoms with Crippen molar-refractivity contribution < 1.29 is 19.2 Å². The molecule has 4 aromatic carbocycles. The van der Waals surface area contributed by atoms with E-state index in [0.717, 1.165) is 9.80 Å². The van der Waals surface area contributed by atoms with Crippen LogP contribution in [-0.4, -0.2) is 43.7 Å². The molecule has 8 heteroatoms. The second-order valence-corrected chi connectivity index (χ2v) is 8.91. The zero-order valence-corrected chi connectivity index (χ0v) is 20.1. The van der Waals surface area contributed by atoms with Crippen LogP contribution >= 0.6 is 0 Å². The molecule has 0 spiro atoms. The summed E-state index contributed by atoms with van der Waals surface area (Å²) in [5.74, 6) is -1.08. The molecule has 0 saturated carbocycles. The number of hydrogen-bond donors (Lipinski definition) is 0. The van der Waals surface area contributed by atoms with Gasteiger partial charge < -0.3 is 0 Å². The van der Waals surface area contributed by atoms with Crippen molar-refractivity contribution in [1.29, 1.82) is 0 Å². The van der Waals surface area contributed by atoms with Gasteiger partial charge in [0.2, 0.25) is 0 Å². The van der Waals surface area contributed by atoms with Crippen LogP contribution in [-0.2, 0) is 0 Å². The van der Waals surface area contributed by atoms with E-state index in [4.69, 9.17) is 0 Å². The molecule has 4 aromatic rings. The van der Waals surface area contributed by atoms with Crippen LogP contribution in [0.5, 0.6) is 0 Å². The fourth-order valence-electron chi connectivity index (χ4n) is 4.94. The summed E-state index contributed by atoms with van der Waals surface area (Å²) in [6.07, 6.45) is -2.16. The summed E-state index contributed by atoms with van der Waals surface area (Å²) in [5.41, 5.74) is 1.73. The van der Waals surface area contributed by atoms with Crippen LogP contribution in [0, 0.1) is 0 Å². The highest BCUT2D eigenvalue weighted by atomic mass is 16.2. The quantitative estimate of drug-likeness (QED) is 0.371. The summed E-state index contributed by atoms with van der Waals surface area (Å²) in [7, 11) is 0. The summed E-state index contributed by atoms with van der Waals surface area (Å²) >= 11 is 0. The molecule has 0 radical (unpaired) electrons. The Kier molecular flexibility index (Phi) is 5.69. The molecule has 2 fully saturated rings. The maximum Gasteiger partial charge on any atom is 0.350 e. The number of urea groups is 2. The van der Waals surface area contributed by atoms with Crippen molar-refractivity contribution in [2.45, 2.75) is 12.3 Å². The maximum atomic E-state index is 14.1. The van der Waals surface area contributed by atoms with Crippen LogP contribution < -0.4 is 0 Å². The smallest absolute Gasteiger partial charge is 0.268 e. The Morgan fingerprint density at radius 1 is 0.447 bits per heavy atom. The maximum absolute atomic E-state index is 14.1. The molecule has 8 nitrogen and oxygen atoms in total. The van der Waals surface area contributed by atoms with Crippen molar-refractivity contribution in [3.05, 3.63) is 144 Å². The molecule has 0 bridgehead atoms. The number of fused-ring (bicyclic) bond motifs is 1. The fraction of sp³-hybridized carbons (Fsp3) is 0.0667. The van der Waals surface area contributed by atoms with Gasteiger partial charge >= 0.3 is 12.1 Å². The molecule has 2 aliphatic heterocycles. The topological polar surface area (TPSA) is 81.2 Å². The molecule has 0 unspecified atom stereocenters. The van der Waals surface area contributed by atoms with Gasteiger partial charge in [-0.1, -0.05) is 97.1 Å². The van der Waals surface area contributed by atoms with Crippen molar-refractivity contribution >= 4 is 23.9 Å². The van der Waals surface area contributed by atoms with Gasteiger partial charge in [-0.3, -0.25) is 9.59 Å². The van der Waals surface area contributed by atoms with Gasteiger partial charge in [-0.15, -0.1) is 0 Å². The Balaban J connectivity index is 1.52. The first kappa shape index (κ1) is 23.2. The number of carbonyl (C=O) groups is 4. The lowest BCUT2D eigenvalue weighted by Gasteiger charge is -2.27. The standard InChI is InChI=1S/C30H22N4O4/c35-27(23-17-9-3-10-18-23)31-25(21-13-5-1-6-14-21)33-30(38)32(28(36)24-19-11-4-12-20-24)26(34(33)29(31)37)22-15-7-2-8-16-22/h1-20,25-26H/t25-,26-/m1/s1. The number of rotatable bonds is 4. The van der Waals surface area contributed by atoms with Crippen molar-refractivity contribution in [2.75, 3.05) is 0 Å². The minimum absolute atomic E-state index is 0.310. The second kappa shape index (κ2) is 9.33. The first-order chi connectivity index (χ1) is 18.6. The predicted octanol–water partition coefficient (Wildman–Crippen LogP) is 5.46. The van der Waals surface area contributed by atoms with E-state index in [9.17, 15) is 19.2 Å². The molecule has 2 atom stereocenters. The zero-order chi connectivity index (χ0) is 26.2. The summed E-state index contributed by atoms with van der Waals surface area (Å²) in [5, 5.41) is 2.44. The van der Waals surface area contributed by atoms with E-state index in [0.29, 0.717) is 22.3 Å². The first-order valence-corrected chi connectivity index (χ1v) is 12.1. The third-order valence-corrected chi connectivity index (χ3v) is 6.66. The summed E-state index contributed by atoms with van der Waals surface area (Å²) < 4.78 is 0. The normalized spacial score (nSPS) is 18.6. The van der Waals surface area contributed by atoms with Crippen LogP contribution in [0.4, 0.5) is 9.59 Å². The van der Waals surface area contributed by atoms with Gasteiger partial charge in [-0.05, 0) is 35.4 Å². The molecular weight excluding hydrogens is 480 g/mol. The van der Waals surface area contributed by atoms with Crippen molar-refractivity contribution in [3.8, 4) is 0 Å². The number of hydrazine groups is 1. The number of benzene rings is 4. The second-order valence-electron chi connectivity index (χ2n) is 8.91. The lowest BCUT2D eigenvalue weighted by atomic mass is 10.1. The minimum Gasteiger partial charge on any atom is -0.268 e. The van der Waals surface area contributed by atoms with Gasteiger partial charge in [0.1, 0.15) is 0 Å². The van der Waals surface area contributed by atoms with Crippen LogP contribution in [0.1, 0.15) is 44.2 Å². The van der Waals surface area contributed by atoms with Gasteiger partial charge in [-0.25, -0.2) is 29.4 Å². The average molecular weight is 503 g/mol. The summed E-state index contributed by atoms with van der Waals surface area (Å²) in [6, 6.07) is 33.2. The molecular formula is C30H22N4O4. The Bertz CT molecular complexity index is 1400. The van der Waals surface area contributed by atoms with E-state index < -0.39 is 36.2 Å². The highest BCUT2D eigenvalue weighted by molar-refractivity contribution is 6.10. The molecule has 2 saturated heterocycles. The number of hydrogen-bond acceptors (Lipinski definition) is 4. The highest BCUT2D eigenvalue weighted by Gasteiger charge is 2.61. The van der Waals surface area contributed by atoms with Crippen LogP contribution in [0.2, 0.25) is 0 Å². The summed E-state index contributed by atoms with van der Waals surface area (Å²) in [4.78, 5) is 57.8. The Hall–Kier alpha value is -5.24. The molecule has 6 rings (SSSR count). The van der Waals surface area contributed by atoms with Gasteiger partial charge in [0.25, 0.3) is 11.8 Å². The minimum atomic E-state index is -1.08. The third-order valence-electron chi connectivity index (χ3n) is 6.66. The molecule has 0 aliphatic carbocycles. The first-order valence-electron chi connectivity index (χ1n) is 12.1. The van der Waals surface area contributed by atoms with Gasteiger partial charge in [-0.2, -0.15) is 0 Å². The third kappa shape index (κ3) is 3.62. The predicted molar refractivity (Wildman–Crippen MR) is 138 cm³/mol.